The Bertz CT molecular complexity index is 512. The Kier molecular flexibility index (Phi) is 5.71. The third-order valence-corrected chi connectivity index (χ3v) is 4.40. The van der Waals surface area contributed by atoms with Gasteiger partial charge in [0.1, 0.15) is 0 Å². The summed E-state index contributed by atoms with van der Waals surface area (Å²) in [6, 6.07) is 7.78. The second-order valence-electron chi connectivity index (χ2n) is 6.01. The van der Waals surface area contributed by atoms with Crippen LogP contribution < -0.4 is 15.5 Å². The van der Waals surface area contributed by atoms with Crippen molar-refractivity contribution in [2.24, 2.45) is 5.92 Å². The van der Waals surface area contributed by atoms with E-state index in [0.717, 1.165) is 63.7 Å². The van der Waals surface area contributed by atoms with E-state index in [9.17, 15) is 4.79 Å². The highest BCUT2D eigenvalue weighted by Crippen LogP contribution is 2.26. The van der Waals surface area contributed by atoms with E-state index in [-0.39, 0.29) is 6.03 Å². The largest absolute Gasteiger partial charge is 0.381 e. The number of nitrogens with one attached hydrogen (secondary N) is 2. The fourth-order valence-corrected chi connectivity index (χ4v) is 3.01. The number of benzene rings is 1. The van der Waals surface area contributed by atoms with E-state index < -0.39 is 0 Å². The number of carbonyl (C=O) groups is 1. The highest BCUT2D eigenvalue weighted by atomic mass is 16.5. The first-order valence-electron chi connectivity index (χ1n) is 8.37. The quantitative estimate of drug-likeness (QED) is 0.892. The zero-order valence-electron chi connectivity index (χ0n) is 13.4. The molecular formula is C17H25N3O3. The van der Waals surface area contributed by atoms with Crippen molar-refractivity contribution in [3.8, 4) is 0 Å². The number of urea groups is 1. The number of morpholine rings is 1. The monoisotopic (exact) mass is 319 g/mol. The average Bonchev–Trinajstić information content (AvgIpc) is 2.62. The molecule has 2 aliphatic rings. The number of carbonyl (C=O) groups excluding carboxylic acids is 1. The fourth-order valence-electron chi connectivity index (χ4n) is 3.01. The Labute approximate surface area is 137 Å². The van der Waals surface area contributed by atoms with Gasteiger partial charge in [0.15, 0.2) is 0 Å². The van der Waals surface area contributed by atoms with Crippen LogP contribution in [0.2, 0.25) is 0 Å². The molecule has 6 nitrogen and oxygen atoms in total. The molecule has 0 unspecified atom stereocenters. The molecule has 0 spiro atoms. The second kappa shape index (κ2) is 8.17. The molecule has 1 aromatic carbocycles. The van der Waals surface area contributed by atoms with Crippen LogP contribution in [0, 0.1) is 5.92 Å². The van der Waals surface area contributed by atoms with Crippen molar-refractivity contribution in [1.82, 2.24) is 5.32 Å². The SMILES string of the molecule is O=C(NCC1CCOCC1)Nc1ccccc1N1CCOCC1. The molecule has 2 heterocycles. The molecule has 0 radical (unpaired) electrons. The van der Waals surface area contributed by atoms with E-state index in [1.54, 1.807) is 0 Å². The third kappa shape index (κ3) is 4.59. The zero-order valence-corrected chi connectivity index (χ0v) is 13.4. The van der Waals surface area contributed by atoms with Crippen LogP contribution in [0.5, 0.6) is 0 Å². The number of ether oxygens (including phenoxy) is 2. The van der Waals surface area contributed by atoms with Crippen LogP contribution in [0.1, 0.15) is 12.8 Å². The number of para-hydroxylation sites is 2. The van der Waals surface area contributed by atoms with Crippen LogP contribution in [-0.4, -0.2) is 52.1 Å². The van der Waals surface area contributed by atoms with Crippen molar-refractivity contribution in [1.29, 1.82) is 0 Å². The summed E-state index contributed by atoms with van der Waals surface area (Å²) in [5, 5.41) is 5.97. The van der Waals surface area contributed by atoms with E-state index >= 15 is 0 Å². The fraction of sp³-hybridized carbons (Fsp3) is 0.588. The molecule has 0 atom stereocenters. The lowest BCUT2D eigenvalue weighted by atomic mass is 10.0. The number of amides is 2. The molecule has 0 aliphatic carbocycles. The third-order valence-electron chi connectivity index (χ3n) is 4.40. The van der Waals surface area contributed by atoms with Crippen LogP contribution in [0.4, 0.5) is 16.2 Å². The standard InChI is InChI=1S/C17H25N3O3/c21-17(18-13-14-5-9-22-10-6-14)19-15-3-1-2-4-16(15)20-7-11-23-12-8-20/h1-4,14H,5-13H2,(H2,18,19,21). The number of rotatable bonds is 4. The van der Waals surface area contributed by atoms with E-state index in [2.05, 4.69) is 15.5 Å². The topological polar surface area (TPSA) is 62.8 Å². The van der Waals surface area contributed by atoms with Gasteiger partial charge in [0.2, 0.25) is 0 Å². The summed E-state index contributed by atoms with van der Waals surface area (Å²) in [7, 11) is 0. The molecule has 2 fully saturated rings. The molecule has 0 saturated carbocycles. The molecule has 23 heavy (non-hydrogen) atoms. The summed E-state index contributed by atoms with van der Waals surface area (Å²) in [6.07, 6.45) is 2.04. The maximum Gasteiger partial charge on any atom is 0.319 e. The van der Waals surface area contributed by atoms with Crippen LogP contribution in [0.25, 0.3) is 0 Å². The molecule has 2 aliphatic heterocycles. The van der Waals surface area contributed by atoms with Gasteiger partial charge in [-0.1, -0.05) is 12.1 Å². The van der Waals surface area contributed by atoms with Crippen LogP contribution in [0.15, 0.2) is 24.3 Å². The average molecular weight is 319 g/mol. The normalized spacial score (nSPS) is 19.4. The van der Waals surface area contributed by atoms with Crippen LogP contribution >= 0.6 is 0 Å². The van der Waals surface area contributed by atoms with Crippen molar-refractivity contribution in [3.63, 3.8) is 0 Å². The van der Waals surface area contributed by atoms with Gasteiger partial charge in [0, 0.05) is 32.8 Å². The molecule has 2 N–H and O–H groups in total. The molecule has 0 aromatic heterocycles. The molecule has 126 valence electrons. The molecule has 1 aromatic rings. The van der Waals surface area contributed by atoms with E-state index in [4.69, 9.17) is 9.47 Å². The lowest BCUT2D eigenvalue weighted by Crippen LogP contribution is -2.38. The van der Waals surface area contributed by atoms with Gasteiger partial charge in [0.05, 0.1) is 24.6 Å². The first-order chi connectivity index (χ1) is 11.3. The Morgan fingerprint density at radius 3 is 2.57 bits per heavy atom. The Morgan fingerprint density at radius 1 is 1.09 bits per heavy atom. The van der Waals surface area contributed by atoms with Crippen molar-refractivity contribution in [3.05, 3.63) is 24.3 Å². The van der Waals surface area contributed by atoms with Gasteiger partial charge >= 0.3 is 6.03 Å². The Hall–Kier alpha value is -1.79. The summed E-state index contributed by atoms with van der Waals surface area (Å²) in [4.78, 5) is 14.4. The molecule has 2 amide bonds. The van der Waals surface area contributed by atoms with Gasteiger partial charge in [-0.25, -0.2) is 4.79 Å². The minimum Gasteiger partial charge on any atom is -0.381 e. The van der Waals surface area contributed by atoms with Gasteiger partial charge in [-0.15, -0.1) is 0 Å². The zero-order chi connectivity index (χ0) is 15.9. The van der Waals surface area contributed by atoms with Gasteiger partial charge < -0.3 is 25.0 Å². The first kappa shape index (κ1) is 16.1. The van der Waals surface area contributed by atoms with Crippen molar-refractivity contribution in [2.75, 3.05) is 56.3 Å². The van der Waals surface area contributed by atoms with E-state index in [0.29, 0.717) is 12.5 Å². The number of nitrogens with zero attached hydrogens (tertiary/aromatic N) is 1. The minimum absolute atomic E-state index is 0.141. The summed E-state index contributed by atoms with van der Waals surface area (Å²) in [6.45, 7) is 5.45. The van der Waals surface area contributed by atoms with Crippen LogP contribution in [0.3, 0.4) is 0 Å². The predicted molar refractivity (Wildman–Crippen MR) is 90.0 cm³/mol. The van der Waals surface area contributed by atoms with Crippen molar-refractivity contribution in [2.45, 2.75) is 12.8 Å². The lowest BCUT2D eigenvalue weighted by Gasteiger charge is -2.30. The minimum atomic E-state index is -0.141. The summed E-state index contributed by atoms with van der Waals surface area (Å²) in [5.74, 6) is 0.518. The number of hydrogen-bond donors (Lipinski definition) is 2. The first-order valence-corrected chi connectivity index (χ1v) is 8.37. The maximum absolute atomic E-state index is 12.2. The van der Waals surface area contributed by atoms with E-state index in [1.165, 1.54) is 0 Å². The molecule has 2 saturated heterocycles. The molecule has 6 heteroatoms. The smallest absolute Gasteiger partial charge is 0.319 e. The summed E-state index contributed by atoms with van der Waals surface area (Å²) >= 11 is 0. The second-order valence-corrected chi connectivity index (χ2v) is 6.01. The Balaban J connectivity index is 1.55. The lowest BCUT2D eigenvalue weighted by molar-refractivity contribution is 0.0671. The highest BCUT2D eigenvalue weighted by molar-refractivity contribution is 5.93. The van der Waals surface area contributed by atoms with Gasteiger partial charge in [0.25, 0.3) is 0 Å². The van der Waals surface area contributed by atoms with Crippen molar-refractivity contribution >= 4 is 17.4 Å². The molecular weight excluding hydrogens is 294 g/mol. The van der Waals surface area contributed by atoms with Crippen LogP contribution in [-0.2, 0) is 9.47 Å². The van der Waals surface area contributed by atoms with Gasteiger partial charge in [-0.3, -0.25) is 0 Å². The van der Waals surface area contributed by atoms with Crippen molar-refractivity contribution < 1.29 is 14.3 Å². The number of anilines is 2. The molecule has 3 rings (SSSR count). The van der Waals surface area contributed by atoms with Gasteiger partial charge in [-0.2, -0.15) is 0 Å². The Morgan fingerprint density at radius 2 is 1.78 bits per heavy atom. The van der Waals surface area contributed by atoms with Gasteiger partial charge in [-0.05, 0) is 30.9 Å². The number of hydrogen-bond acceptors (Lipinski definition) is 4. The maximum atomic E-state index is 12.2. The summed E-state index contributed by atoms with van der Waals surface area (Å²) in [5.41, 5.74) is 1.90. The van der Waals surface area contributed by atoms with E-state index in [1.807, 2.05) is 24.3 Å². The predicted octanol–water partition coefficient (Wildman–Crippen LogP) is 2.07. The highest BCUT2D eigenvalue weighted by Gasteiger charge is 2.17. The summed E-state index contributed by atoms with van der Waals surface area (Å²) < 4.78 is 10.7. The molecule has 0 bridgehead atoms.